The lowest BCUT2D eigenvalue weighted by Gasteiger charge is -2.24. The van der Waals surface area contributed by atoms with Gasteiger partial charge in [0.2, 0.25) is 0 Å². The zero-order valence-electron chi connectivity index (χ0n) is 10.9. The van der Waals surface area contributed by atoms with Crippen LogP contribution in [-0.4, -0.2) is 26.2 Å². The van der Waals surface area contributed by atoms with Crippen LogP contribution >= 0.6 is 0 Å². The molecular weight excluding hydrogens is 208 g/mol. The van der Waals surface area contributed by atoms with Crippen LogP contribution < -0.4 is 10.2 Å². The van der Waals surface area contributed by atoms with Crippen LogP contribution in [0.1, 0.15) is 24.0 Å². The molecule has 2 aliphatic heterocycles. The maximum Gasteiger partial charge on any atom is 0.0369 e. The first-order chi connectivity index (χ1) is 8.19. The van der Waals surface area contributed by atoms with Crippen molar-refractivity contribution in [2.75, 3.05) is 31.1 Å². The van der Waals surface area contributed by atoms with Crippen molar-refractivity contribution in [1.82, 2.24) is 5.32 Å². The second-order valence-electron chi connectivity index (χ2n) is 5.87. The molecule has 1 N–H and O–H groups in total. The van der Waals surface area contributed by atoms with Gasteiger partial charge in [0.15, 0.2) is 0 Å². The van der Waals surface area contributed by atoms with Gasteiger partial charge in [0.25, 0.3) is 0 Å². The zero-order chi connectivity index (χ0) is 11.9. The summed E-state index contributed by atoms with van der Waals surface area (Å²) in [6.07, 6.45) is 2.71. The SMILES string of the molecule is Cc1ccc(N2CCC3(CCNC3)C2)cc1C. The number of nitrogens with one attached hydrogen (secondary N) is 1. The highest BCUT2D eigenvalue weighted by Crippen LogP contribution is 2.38. The minimum atomic E-state index is 0.568. The molecule has 1 aromatic rings. The molecule has 2 saturated heterocycles. The summed E-state index contributed by atoms with van der Waals surface area (Å²) in [5.74, 6) is 0. The molecular formula is C15H22N2. The van der Waals surface area contributed by atoms with Crippen LogP contribution in [0.2, 0.25) is 0 Å². The van der Waals surface area contributed by atoms with Gasteiger partial charge in [-0.2, -0.15) is 0 Å². The summed E-state index contributed by atoms with van der Waals surface area (Å²) in [6.45, 7) is 9.29. The van der Waals surface area contributed by atoms with E-state index in [2.05, 4.69) is 42.3 Å². The maximum atomic E-state index is 3.52. The smallest absolute Gasteiger partial charge is 0.0369 e. The van der Waals surface area contributed by atoms with Gasteiger partial charge < -0.3 is 10.2 Å². The molecule has 1 atom stereocenters. The molecule has 0 saturated carbocycles. The molecule has 3 rings (SSSR count). The first-order valence-corrected chi connectivity index (χ1v) is 6.72. The Bertz CT molecular complexity index is 419. The lowest BCUT2D eigenvalue weighted by atomic mass is 9.86. The van der Waals surface area contributed by atoms with Crippen molar-refractivity contribution in [2.45, 2.75) is 26.7 Å². The van der Waals surface area contributed by atoms with Crippen molar-refractivity contribution >= 4 is 5.69 Å². The van der Waals surface area contributed by atoms with E-state index < -0.39 is 0 Å². The number of hydrogen-bond acceptors (Lipinski definition) is 2. The Morgan fingerprint density at radius 1 is 1.18 bits per heavy atom. The van der Waals surface area contributed by atoms with E-state index in [0.717, 1.165) is 0 Å². The average Bonchev–Trinajstić information content (AvgIpc) is 2.94. The molecule has 0 aromatic heterocycles. The van der Waals surface area contributed by atoms with Crippen LogP contribution in [0.5, 0.6) is 0 Å². The number of anilines is 1. The van der Waals surface area contributed by atoms with E-state index in [1.54, 1.807) is 0 Å². The Hall–Kier alpha value is -1.02. The Balaban J connectivity index is 1.79. The van der Waals surface area contributed by atoms with E-state index >= 15 is 0 Å². The number of aryl methyl sites for hydroxylation is 2. The predicted octanol–water partition coefficient (Wildman–Crippen LogP) is 2.49. The Morgan fingerprint density at radius 3 is 2.76 bits per heavy atom. The summed E-state index contributed by atoms with van der Waals surface area (Å²) in [5, 5.41) is 3.52. The van der Waals surface area contributed by atoms with Crippen molar-refractivity contribution < 1.29 is 0 Å². The molecule has 2 nitrogen and oxygen atoms in total. The number of nitrogens with zero attached hydrogens (tertiary/aromatic N) is 1. The highest BCUT2D eigenvalue weighted by Gasteiger charge is 2.40. The highest BCUT2D eigenvalue weighted by molar-refractivity contribution is 5.51. The summed E-state index contributed by atoms with van der Waals surface area (Å²) in [4.78, 5) is 2.57. The molecule has 0 radical (unpaired) electrons. The molecule has 1 spiro atoms. The second kappa shape index (κ2) is 4.02. The molecule has 92 valence electrons. The summed E-state index contributed by atoms with van der Waals surface area (Å²) in [5.41, 5.74) is 4.79. The average molecular weight is 230 g/mol. The van der Waals surface area contributed by atoms with Gasteiger partial charge in [-0.1, -0.05) is 6.07 Å². The molecule has 0 aliphatic carbocycles. The number of rotatable bonds is 1. The highest BCUT2D eigenvalue weighted by atomic mass is 15.2. The van der Waals surface area contributed by atoms with Gasteiger partial charge in [0, 0.05) is 30.7 Å². The fraction of sp³-hybridized carbons (Fsp3) is 0.600. The van der Waals surface area contributed by atoms with Gasteiger partial charge in [-0.25, -0.2) is 0 Å². The molecule has 0 amide bonds. The van der Waals surface area contributed by atoms with E-state index in [9.17, 15) is 0 Å². The molecule has 2 fully saturated rings. The number of hydrogen-bond donors (Lipinski definition) is 1. The summed E-state index contributed by atoms with van der Waals surface area (Å²) < 4.78 is 0. The minimum absolute atomic E-state index is 0.568. The summed E-state index contributed by atoms with van der Waals surface area (Å²) in [7, 11) is 0. The monoisotopic (exact) mass is 230 g/mol. The summed E-state index contributed by atoms with van der Waals surface area (Å²) >= 11 is 0. The third kappa shape index (κ3) is 1.95. The van der Waals surface area contributed by atoms with Crippen molar-refractivity contribution in [2.24, 2.45) is 5.41 Å². The van der Waals surface area contributed by atoms with Crippen LogP contribution in [0, 0.1) is 19.3 Å². The van der Waals surface area contributed by atoms with E-state index in [1.807, 2.05) is 0 Å². The fourth-order valence-electron chi connectivity index (χ4n) is 3.22. The molecule has 17 heavy (non-hydrogen) atoms. The molecule has 2 heteroatoms. The Labute approximate surface area is 104 Å². The van der Waals surface area contributed by atoms with Crippen LogP contribution in [0.4, 0.5) is 5.69 Å². The van der Waals surface area contributed by atoms with Crippen LogP contribution in [0.25, 0.3) is 0 Å². The first kappa shape index (κ1) is 11.1. The van der Waals surface area contributed by atoms with Gasteiger partial charge >= 0.3 is 0 Å². The van der Waals surface area contributed by atoms with Gasteiger partial charge in [-0.3, -0.25) is 0 Å². The van der Waals surface area contributed by atoms with E-state index in [-0.39, 0.29) is 0 Å². The standard InChI is InChI=1S/C15H22N2/c1-12-3-4-14(9-13(12)2)17-8-6-15(11-17)5-7-16-10-15/h3-4,9,16H,5-8,10-11H2,1-2H3. The normalized spacial score (nSPS) is 28.2. The van der Waals surface area contributed by atoms with Crippen molar-refractivity contribution in [3.8, 4) is 0 Å². The second-order valence-corrected chi connectivity index (χ2v) is 5.87. The van der Waals surface area contributed by atoms with Gasteiger partial charge in [-0.15, -0.1) is 0 Å². The molecule has 1 unspecified atom stereocenters. The number of benzene rings is 1. The fourth-order valence-corrected chi connectivity index (χ4v) is 3.22. The third-order valence-corrected chi connectivity index (χ3v) is 4.63. The van der Waals surface area contributed by atoms with E-state index in [4.69, 9.17) is 0 Å². The van der Waals surface area contributed by atoms with Gasteiger partial charge in [0.05, 0.1) is 0 Å². The lowest BCUT2D eigenvalue weighted by molar-refractivity contribution is 0.369. The maximum absolute atomic E-state index is 3.52. The van der Waals surface area contributed by atoms with Crippen molar-refractivity contribution in [3.63, 3.8) is 0 Å². The topological polar surface area (TPSA) is 15.3 Å². The van der Waals surface area contributed by atoms with Crippen LogP contribution in [0.3, 0.4) is 0 Å². The predicted molar refractivity (Wildman–Crippen MR) is 72.7 cm³/mol. The quantitative estimate of drug-likeness (QED) is 0.797. The van der Waals surface area contributed by atoms with Crippen LogP contribution in [-0.2, 0) is 0 Å². The van der Waals surface area contributed by atoms with Crippen molar-refractivity contribution in [1.29, 1.82) is 0 Å². The molecule has 2 heterocycles. The van der Waals surface area contributed by atoms with Gasteiger partial charge in [-0.05, 0) is 56.5 Å². The van der Waals surface area contributed by atoms with Crippen LogP contribution in [0.15, 0.2) is 18.2 Å². The molecule has 0 bridgehead atoms. The lowest BCUT2D eigenvalue weighted by Crippen LogP contribution is -2.29. The molecule has 1 aromatic carbocycles. The van der Waals surface area contributed by atoms with E-state index in [1.165, 1.54) is 55.8 Å². The third-order valence-electron chi connectivity index (χ3n) is 4.63. The Kier molecular flexibility index (Phi) is 2.62. The van der Waals surface area contributed by atoms with Gasteiger partial charge in [0.1, 0.15) is 0 Å². The summed E-state index contributed by atoms with van der Waals surface area (Å²) in [6, 6.07) is 6.88. The minimum Gasteiger partial charge on any atom is -0.371 e. The van der Waals surface area contributed by atoms with Crippen molar-refractivity contribution in [3.05, 3.63) is 29.3 Å². The van der Waals surface area contributed by atoms with E-state index in [0.29, 0.717) is 5.41 Å². The molecule has 2 aliphatic rings. The first-order valence-electron chi connectivity index (χ1n) is 6.72. The largest absolute Gasteiger partial charge is 0.371 e. The zero-order valence-corrected chi connectivity index (χ0v) is 10.9. The Morgan fingerprint density at radius 2 is 2.06 bits per heavy atom.